The van der Waals surface area contributed by atoms with Crippen LogP contribution in [0.25, 0.3) is 0 Å². The molecule has 0 N–H and O–H groups in total. The fraction of sp³-hybridized carbons (Fsp3) is 0.647. The lowest BCUT2D eigenvalue weighted by Gasteiger charge is -2.35. The highest BCUT2D eigenvalue weighted by Gasteiger charge is 2.25. The number of nitrogens with zero attached hydrogens (tertiary/aromatic N) is 4. The summed E-state index contributed by atoms with van der Waals surface area (Å²) in [6.07, 6.45) is 5.47. The number of amides is 1. The number of likely N-dealkylation sites (N-methyl/N-ethyl adjacent to an activating group) is 1. The van der Waals surface area contributed by atoms with Crippen LogP contribution in [0.4, 0.5) is 5.82 Å². The van der Waals surface area contributed by atoms with E-state index in [1.54, 1.807) is 6.20 Å². The van der Waals surface area contributed by atoms with Crippen molar-refractivity contribution in [2.75, 3.05) is 50.7 Å². The van der Waals surface area contributed by atoms with E-state index in [0.717, 1.165) is 57.2 Å². The van der Waals surface area contributed by atoms with Crippen LogP contribution in [0.3, 0.4) is 0 Å². The molecule has 0 bridgehead atoms. The van der Waals surface area contributed by atoms with Gasteiger partial charge in [-0.15, -0.1) is 0 Å². The van der Waals surface area contributed by atoms with Crippen molar-refractivity contribution in [1.29, 1.82) is 0 Å². The standard InChI is InChI=1S/C17H26N4O/c1-2-19-11-13-21(14-12-19)17(22)15-7-6-8-18-16(15)20-9-4-3-5-10-20/h6-8H,2-5,9-14H2,1H3. The number of anilines is 1. The first kappa shape index (κ1) is 15.3. The lowest BCUT2D eigenvalue weighted by Crippen LogP contribution is -2.48. The molecule has 0 radical (unpaired) electrons. The van der Waals surface area contributed by atoms with Crippen LogP contribution in [0.1, 0.15) is 36.5 Å². The summed E-state index contributed by atoms with van der Waals surface area (Å²) < 4.78 is 0. The molecule has 0 atom stereocenters. The molecule has 2 fully saturated rings. The average molecular weight is 302 g/mol. The van der Waals surface area contributed by atoms with Gasteiger partial charge in [0.1, 0.15) is 5.82 Å². The Morgan fingerprint density at radius 1 is 1.09 bits per heavy atom. The third-order valence-electron chi connectivity index (χ3n) is 4.78. The SMILES string of the molecule is CCN1CCN(C(=O)c2cccnc2N2CCCCC2)CC1. The van der Waals surface area contributed by atoms with E-state index in [2.05, 4.69) is 21.7 Å². The highest BCUT2D eigenvalue weighted by Crippen LogP contribution is 2.23. The van der Waals surface area contributed by atoms with Gasteiger partial charge in [-0.05, 0) is 37.9 Å². The lowest BCUT2D eigenvalue weighted by molar-refractivity contribution is 0.0643. The lowest BCUT2D eigenvalue weighted by atomic mass is 10.1. The van der Waals surface area contributed by atoms with Gasteiger partial charge < -0.3 is 14.7 Å². The molecular weight excluding hydrogens is 276 g/mol. The van der Waals surface area contributed by atoms with E-state index in [1.807, 2.05) is 17.0 Å². The fourth-order valence-electron chi connectivity index (χ4n) is 3.36. The Balaban J connectivity index is 1.75. The molecule has 5 heteroatoms. The molecule has 22 heavy (non-hydrogen) atoms. The van der Waals surface area contributed by atoms with Gasteiger partial charge >= 0.3 is 0 Å². The zero-order valence-electron chi connectivity index (χ0n) is 13.5. The minimum atomic E-state index is 0.143. The Bertz CT molecular complexity index is 505. The van der Waals surface area contributed by atoms with Gasteiger partial charge in [0, 0.05) is 45.5 Å². The summed E-state index contributed by atoms with van der Waals surface area (Å²) in [5.74, 6) is 1.02. The minimum absolute atomic E-state index is 0.143. The number of carbonyl (C=O) groups is 1. The van der Waals surface area contributed by atoms with Crippen molar-refractivity contribution in [2.45, 2.75) is 26.2 Å². The smallest absolute Gasteiger partial charge is 0.257 e. The Kier molecular flexibility index (Phi) is 4.93. The Morgan fingerprint density at radius 3 is 2.50 bits per heavy atom. The third-order valence-corrected chi connectivity index (χ3v) is 4.78. The second-order valence-electron chi connectivity index (χ2n) is 6.15. The van der Waals surface area contributed by atoms with Gasteiger partial charge in [-0.3, -0.25) is 4.79 Å². The second-order valence-corrected chi connectivity index (χ2v) is 6.15. The number of aromatic nitrogens is 1. The van der Waals surface area contributed by atoms with E-state index in [0.29, 0.717) is 0 Å². The second kappa shape index (κ2) is 7.09. The molecule has 1 amide bonds. The van der Waals surface area contributed by atoms with Gasteiger partial charge in [-0.1, -0.05) is 6.92 Å². The summed E-state index contributed by atoms with van der Waals surface area (Å²) in [6, 6.07) is 3.81. The summed E-state index contributed by atoms with van der Waals surface area (Å²) in [5, 5.41) is 0. The van der Waals surface area contributed by atoms with Gasteiger partial charge in [0.2, 0.25) is 0 Å². The molecule has 3 heterocycles. The maximum absolute atomic E-state index is 12.9. The molecule has 0 spiro atoms. The van der Waals surface area contributed by atoms with E-state index in [-0.39, 0.29) is 5.91 Å². The average Bonchev–Trinajstić information content (AvgIpc) is 2.62. The molecule has 1 aromatic rings. The van der Waals surface area contributed by atoms with Crippen molar-refractivity contribution in [3.05, 3.63) is 23.9 Å². The number of rotatable bonds is 3. The zero-order valence-corrected chi connectivity index (χ0v) is 13.5. The highest BCUT2D eigenvalue weighted by atomic mass is 16.2. The first-order valence-corrected chi connectivity index (χ1v) is 8.51. The van der Waals surface area contributed by atoms with Gasteiger partial charge in [0.25, 0.3) is 5.91 Å². The predicted molar refractivity (Wildman–Crippen MR) is 88.3 cm³/mol. The molecule has 0 saturated carbocycles. The minimum Gasteiger partial charge on any atom is -0.356 e. The maximum Gasteiger partial charge on any atom is 0.257 e. The van der Waals surface area contributed by atoms with Crippen LogP contribution < -0.4 is 4.90 Å². The van der Waals surface area contributed by atoms with E-state index in [4.69, 9.17) is 0 Å². The third kappa shape index (κ3) is 3.24. The van der Waals surface area contributed by atoms with Crippen molar-refractivity contribution in [1.82, 2.24) is 14.8 Å². The molecule has 2 saturated heterocycles. The normalized spacial score (nSPS) is 20.2. The van der Waals surface area contributed by atoms with Gasteiger partial charge in [-0.25, -0.2) is 4.98 Å². The van der Waals surface area contributed by atoms with E-state index in [9.17, 15) is 4.79 Å². The number of piperidine rings is 1. The van der Waals surface area contributed by atoms with E-state index in [1.165, 1.54) is 19.3 Å². The summed E-state index contributed by atoms with van der Waals surface area (Å²) in [5.41, 5.74) is 0.773. The maximum atomic E-state index is 12.9. The molecular formula is C17H26N4O. The zero-order chi connectivity index (χ0) is 15.4. The first-order chi connectivity index (χ1) is 10.8. The molecule has 120 valence electrons. The summed E-state index contributed by atoms with van der Waals surface area (Å²) in [6.45, 7) is 8.86. The molecule has 2 aliphatic heterocycles. The summed E-state index contributed by atoms with van der Waals surface area (Å²) >= 11 is 0. The van der Waals surface area contributed by atoms with Crippen LogP contribution in [0, 0.1) is 0 Å². The molecule has 0 unspecified atom stereocenters. The van der Waals surface area contributed by atoms with Gasteiger partial charge in [0.05, 0.1) is 5.56 Å². The molecule has 1 aromatic heterocycles. The van der Waals surface area contributed by atoms with Crippen molar-refractivity contribution in [2.24, 2.45) is 0 Å². The summed E-state index contributed by atoms with van der Waals surface area (Å²) in [7, 11) is 0. The van der Waals surface area contributed by atoms with Crippen molar-refractivity contribution in [3.63, 3.8) is 0 Å². The van der Waals surface area contributed by atoms with E-state index < -0.39 is 0 Å². The predicted octanol–water partition coefficient (Wildman–Crippen LogP) is 1.85. The Morgan fingerprint density at radius 2 is 1.82 bits per heavy atom. The van der Waals surface area contributed by atoms with Crippen LogP contribution >= 0.6 is 0 Å². The van der Waals surface area contributed by atoms with Gasteiger partial charge in [0.15, 0.2) is 0 Å². The van der Waals surface area contributed by atoms with Crippen molar-refractivity contribution in [3.8, 4) is 0 Å². The number of piperazine rings is 1. The topological polar surface area (TPSA) is 39.7 Å². The van der Waals surface area contributed by atoms with Crippen LogP contribution in [0.2, 0.25) is 0 Å². The van der Waals surface area contributed by atoms with Crippen molar-refractivity contribution >= 4 is 11.7 Å². The summed E-state index contributed by atoms with van der Waals surface area (Å²) in [4.78, 5) is 24.1. The molecule has 0 aromatic carbocycles. The Hall–Kier alpha value is -1.62. The molecule has 0 aliphatic carbocycles. The number of hydrogen-bond acceptors (Lipinski definition) is 4. The van der Waals surface area contributed by atoms with Crippen molar-refractivity contribution < 1.29 is 4.79 Å². The monoisotopic (exact) mass is 302 g/mol. The molecule has 3 rings (SSSR count). The van der Waals surface area contributed by atoms with Crippen LogP contribution in [0.15, 0.2) is 18.3 Å². The van der Waals surface area contributed by atoms with Gasteiger partial charge in [-0.2, -0.15) is 0 Å². The molecule has 2 aliphatic rings. The quantitative estimate of drug-likeness (QED) is 0.854. The highest BCUT2D eigenvalue weighted by molar-refractivity contribution is 5.99. The largest absolute Gasteiger partial charge is 0.356 e. The van der Waals surface area contributed by atoms with Crippen LogP contribution in [0.5, 0.6) is 0 Å². The Labute approximate surface area is 132 Å². The first-order valence-electron chi connectivity index (χ1n) is 8.51. The number of hydrogen-bond donors (Lipinski definition) is 0. The number of pyridine rings is 1. The van der Waals surface area contributed by atoms with Crippen LogP contribution in [-0.2, 0) is 0 Å². The fourth-order valence-corrected chi connectivity index (χ4v) is 3.36. The number of carbonyl (C=O) groups excluding carboxylic acids is 1. The van der Waals surface area contributed by atoms with Crippen LogP contribution in [-0.4, -0.2) is 66.5 Å². The van der Waals surface area contributed by atoms with E-state index >= 15 is 0 Å². The molecule has 5 nitrogen and oxygen atoms in total.